The molecule has 0 amide bonds. The number of hydrogen-bond acceptors (Lipinski definition) is 0. The molecule has 3 heteroatoms. The van der Waals surface area contributed by atoms with E-state index in [4.69, 9.17) is 0 Å². The van der Waals surface area contributed by atoms with Gasteiger partial charge in [0.15, 0.2) is 0 Å². The van der Waals surface area contributed by atoms with Crippen molar-refractivity contribution < 1.29 is 57.2 Å². The van der Waals surface area contributed by atoms with Crippen LogP contribution in [0.1, 0.15) is 69.6 Å². The van der Waals surface area contributed by atoms with Crippen molar-refractivity contribution in [2.75, 3.05) is 0 Å². The van der Waals surface area contributed by atoms with Gasteiger partial charge in [0.25, 0.3) is 0 Å². The van der Waals surface area contributed by atoms with E-state index in [1.807, 2.05) is 3.28 Å². The first-order valence-corrected chi connectivity index (χ1v) is 11.8. The summed E-state index contributed by atoms with van der Waals surface area (Å²) < 4.78 is 2.55. The van der Waals surface area contributed by atoms with E-state index in [-0.39, 0.29) is 39.4 Å². The van der Waals surface area contributed by atoms with E-state index >= 15 is 0 Å². The van der Waals surface area contributed by atoms with Crippen molar-refractivity contribution in [1.82, 2.24) is 0 Å². The number of rotatable bonds is 4. The first-order chi connectivity index (χ1) is 11.2. The molecule has 0 bridgehead atoms. The maximum Gasteiger partial charge on any atom is -1.00 e. The number of benzene rings is 1. The van der Waals surface area contributed by atoms with Crippen molar-refractivity contribution in [2.24, 2.45) is 11.3 Å². The first kappa shape index (κ1) is 24.3. The van der Waals surface area contributed by atoms with Gasteiger partial charge in [0.2, 0.25) is 0 Å². The molecule has 0 saturated heterocycles. The summed E-state index contributed by atoms with van der Waals surface area (Å²) in [7, 11) is 0. The maximum absolute atomic E-state index is 2.51. The third-order valence-corrected chi connectivity index (χ3v) is 11.6. The third kappa shape index (κ3) is 4.31. The minimum atomic E-state index is -0.728. The van der Waals surface area contributed by atoms with Gasteiger partial charge in [0.05, 0.1) is 0 Å². The van der Waals surface area contributed by atoms with Gasteiger partial charge in [0.1, 0.15) is 0 Å². The quantitative estimate of drug-likeness (QED) is 0.517. The monoisotopic (exact) mass is 554 g/mol. The molecule has 3 rings (SSSR count). The smallest absolute Gasteiger partial charge is 1.00 e. The molecule has 1 aromatic carbocycles. The maximum atomic E-state index is 2.51. The molecule has 0 spiro atoms. The van der Waals surface area contributed by atoms with Gasteiger partial charge in [0, 0.05) is 0 Å². The molecule has 0 nitrogen and oxygen atoms in total. The molecule has 0 aliphatic heterocycles. The average molecular weight is 558 g/mol. The SMILES string of the molecule is CC1=C(C)C(C)(C)[C]([Zr+2][CH]2C(CC(C)C)=Cc3ccccc32)=C1C.[Br-].[Br-]. The van der Waals surface area contributed by atoms with Crippen molar-refractivity contribution in [3.63, 3.8) is 0 Å². The molecule has 26 heavy (non-hydrogen) atoms. The Kier molecular flexibility index (Phi) is 8.59. The Bertz CT molecular complexity index is 766. The molecule has 1 unspecified atom stereocenters. The average Bonchev–Trinajstić information content (AvgIpc) is 2.92. The Morgan fingerprint density at radius 3 is 2.15 bits per heavy atom. The fourth-order valence-electron chi connectivity index (χ4n) is 4.23. The summed E-state index contributed by atoms with van der Waals surface area (Å²) in [6.07, 6.45) is 3.75. The Labute approximate surface area is 192 Å². The Morgan fingerprint density at radius 2 is 1.62 bits per heavy atom. The summed E-state index contributed by atoms with van der Waals surface area (Å²) >= 11 is -0.728. The van der Waals surface area contributed by atoms with Crippen LogP contribution >= 0.6 is 0 Å². The molecule has 2 aliphatic carbocycles. The minimum absolute atomic E-state index is 0. The van der Waals surface area contributed by atoms with Crippen LogP contribution in [0, 0.1) is 11.3 Å². The van der Waals surface area contributed by atoms with Crippen LogP contribution in [-0.4, -0.2) is 0 Å². The fraction of sp³-hybridized carbons (Fsp3) is 0.478. The summed E-state index contributed by atoms with van der Waals surface area (Å²) in [5, 5.41) is 0. The molecule has 1 aromatic rings. The largest absolute Gasteiger partial charge is 1.00 e. The molecule has 0 radical (unpaired) electrons. The second kappa shape index (κ2) is 9.19. The molecular weight excluding hydrogens is 527 g/mol. The molecule has 0 N–H and O–H groups in total. The molecule has 0 aromatic heterocycles. The van der Waals surface area contributed by atoms with Crippen LogP contribution in [-0.2, 0) is 23.2 Å². The van der Waals surface area contributed by atoms with Gasteiger partial charge < -0.3 is 34.0 Å². The summed E-state index contributed by atoms with van der Waals surface area (Å²) in [5.74, 6) is 0.737. The van der Waals surface area contributed by atoms with Crippen molar-refractivity contribution in [3.8, 4) is 0 Å². The molecule has 0 heterocycles. The molecule has 0 fully saturated rings. The first-order valence-electron chi connectivity index (χ1n) is 9.19. The van der Waals surface area contributed by atoms with Crippen molar-refractivity contribution >= 4 is 6.08 Å². The minimum Gasteiger partial charge on any atom is -1.00 e. The molecular formula is C23H30Br2Zr. The second-order valence-corrected chi connectivity index (χ2v) is 11.8. The summed E-state index contributed by atoms with van der Waals surface area (Å²) in [6.45, 7) is 16.6. The van der Waals surface area contributed by atoms with Gasteiger partial charge in [-0.3, -0.25) is 0 Å². The van der Waals surface area contributed by atoms with Crippen LogP contribution in [0.25, 0.3) is 6.08 Å². The van der Waals surface area contributed by atoms with E-state index in [9.17, 15) is 0 Å². The van der Waals surface area contributed by atoms with Crippen LogP contribution in [0.5, 0.6) is 0 Å². The summed E-state index contributed by atoms with van der Waals surface area (Å²) in [4.78, 5) is 0. The molecule has 0 saturated carbocycles. The zero-order chi connectivity index (χ0) is 17.6. The van der Waals surface area contributed by atoms with Gasteiger partial charge in [-0.1, -0.05) is 0 Å². The van der Waals surface area contributed by atoms with E-state index in [0.717, 1.165) is 9.54 Å². The van der Waals surface area contributed by atoms with Gasteiger partial charge in [-0.15, -0.1) is 0 Å². The van der Waals surface area contributed by atoms with Gasteiger partial charge in [-0.05, 0) is 0 Å². The van der Waals surface area contributed by atoms with Crippen LogP contribution in [0.2, 0.25) is 0 Å². The van der Waals surface area contributed by atoms with Crippen LogP contribution < -0.4 is 34.0 Å². The summed E-state index contributed by atoms with van der Waals surface area (Å²) in [5.41, 5.74) is 9.83. The number of halogens is 2. The standard InChI is InChI=1S/C13H15.C10H15.2BrH.Zr/c1-10(2)7-11-8-12-5-3-4-6-13(12)9-11;1-7-6-10(4,5)9(3)8(7)2;;;/h3-6,8-10H,7H2,1-2H3;1-5H3;2*1H;/q;;;;+2/p-2. The predicted molar refractivity (Wildman–Crippen MR) is 101 cm³/mol. The van der Waals surface area contributed by atoms with Crippen molar-refractivity contribution in [3.05, 3.63) is 61.0 Å². The van der Waals surface area contributed by atoms with E-state index in [1.54, 1.807) is 27.9 Å². The van der Waals surface area contributed by atoms with Gasteiger partial charge in [-0.25, -0.2) is 0 Å². The third-order valence-electron chi connectivity index (χ3n) is 6.01. The predicted octanol–water partition coefficient (Wildman–Crippen LogP) is 0.912. The van der Waals surface area contributed by atoms with Crippen molar-refractivity contribution in [2.45, 2.75) is 58.5 Å². The molecule has 2 aliphatic rings. The number of hydrogen-bond donors (Lipinski definition) is 0. The normalized spacial score (nSPS) is 20.5. The Balaban J connectivity index is 0.00000169. The van der Waals surface area contributed by atoms with Crippen LogP contribution in [0.3, 0.4) is 0 Å². The van der Waals surface area contributed by atoms with E-state index in [2.05, 4.69) is 78.8 Å². The van der Waals surface area contributed by atoms with Gasteiger partial charge >= 0.3 is 160 Å². The van der Waals surface area contributed by atoms with Crippen LogP contribution in [0.15, 0.2) is 49.8 Å². The van der Waals surface area contributed by atoms with E-state index in [1.165, 1.54) is 12.0 Å². The van der Waals surface area contributed by atoms with Crippen molar-refractivity contribution in [1.29, 1.82) is 0 Å². The summed E-state index contributed by atoms with van der Waals surface area (Å²) in [6, 6.07) is 9.11. The van der Waals surface area contributed by atoms with Crippen LogP contribution in [0.4, 0.5) is 0 Å². The zero-order valence-electron chi connectivity index (χ0n) is 17.0. The van der Waals surface area contributed by atoms with E-state index < -0.39 is 23.2 Å². The molecule has 1 atom stereocenters. The van der Waals surface area contributed by atoms with E-state index in [0.29, 0.717) is 0 Å². The second-order valence-electron chi connectivity index (χ2n) is 8.40. The zero-order valence-corrected chi connectivity index (χ0v) is 22.6. The Hall–Kier alpha value is 0.283. The number of allylic oxidation sites excluding steroid dienone is 5. The fourth-order valence-corrected chi connectivity index (χ4v) is 9.26. The van der Waals surface area contributed by atoms with Gasteiger partial charge in [-0.2, -0.15) is 0 Å². The number of fused-ring (bicyclic) bond motifs is 1. The molecule has 140 valence electrons. The topological polar surface area (TPSA) is 0 Å². The Morgan fingerprint density at radius 1 is 1.00 bits per heavy atom.